The average molecular weight is 454 g/mol. The molecule has 1 saturated heterocycles. The molecule has 0 spiro atoms. The van der Waals surface area contributed by atoms with Crippen LogP contribution in [0.15, 0.2) is 30.3 Å². The molecule has 0 aromatic heterocycles. The first-order valence-corrected chi connectivity index (χ1v) is 12.5. The van der Waals surface area contributed by atoms with E-state index in [-0.39, 0.29) is 29.4 Å². The van der Waals surface area contributed by atoms with Gasteiger partial charge in [-0.3, -0.25) is 9.59 Å². The number of amides is 3. The molecule has 1 aromatic rings. The normalized spacial score (nSPS) is 31.7. The Kier molecular flexibility index (Phi) is 6.06. The van der Waals surface area contributed by atoms with Crippen molar-refractivity contribution in [3.63, 3.8) is 0 Å². The molecule has 33 heavy (non-hydrogen) atoms. The number of carbonyl (C=O) groups excluding carboxylic acids is 3. The van der Waals surface area contributed by atoms with Gasteiger partial charge in [-0.15, -0.1) is 0 Å². The third-order valence-electron chi connectivity index (χ3n) is 8.23. The van der Waals surface area contributed by atoms with E-state index < -0.39 is 6.10 Å². The number of hydrogen-bond donors (Lipinski definition) is 2. The van der Waals surface area contributed by atoms with Crippen molar-refractivity contribution in [1.29, 1.82) is 0 Å². The van der Waals surface area contributed by atoms with Crippen molar-refractivity contribution >= 4 is 23.6 Å². The number of para-hydroxylation sites is 1. The van der Waals surface area contributed by atoms with Gasteiger partial charge in [-0.1, -0.05) is 18.2 Å². The fourth-order valence-electron chi connectivity index (χ4n) is 6.99. The van der Waals surface area contributed by atoms with Gasteiger partial charge < -0.3 is 20.3 Å². The number of benzene rings is 1. The molecule has 3 amide bonds. The van der Waals surface area contributed by atoms with E-state index in [2.05, 4.69) is 10.6 Å². The van der Waals surface area contributed by atoms with Crippen LogP contribution in [0.3, 0.4) is 0 Å². The monoisotopic (exact) mass is 453 g/mol. The molecule has 7 nitrogen and oxygen atoms in total. The van der Waals surface area contributed by atoms with Gasteiger partial charge in [-0.25, -0.2) is 4.79 Å². The van der Waals surface area contributed by atoms with Crippen molar-refractivity contribution in [2.45, 2.75) is 69.9 Å². The van der Waals surface area contributed by atoms with E-state index >= 15 is 0 Å². The van der Waals surface area contributed by atoms with Gasteiger partial charge in [0.15, 0.2) is 6.10 Å². The summed E-state index contributed by atoms with van der Waals surface area (Å²) in [7, 11) is 0. The zero-order valence-electron chi connectivity index (χ0n) is 19.4. The number of carbonyl (C=O) groups is 3. The minimum absolute atomic E-state index is 0.0794. The highest BCUT2D eigenvalue weighted by Crippen LogP contribution is 2.55. The number of piperidine rings is 1. The molecule has 1 heterocycles. The van der Waals surface area contributed by atoms with Crippen molar-refractivity contribution < 1.29 is 19.1 Å². The van der Waals surface area contributed by atoms with Crippen LogP contribution in [0.1, 0.15) is 58.3 Å². The topological polar surface area (TPSA) is 87.7 Å². The molecule has 0 radical (unpaired) electrons. The molecule has 1 aliphatic heterocycles. The highest BCUT2D eigenvalue weighted by Gasteiger charge is 2.51. The lowest BCUT2D eigenvalue weighted by molar-refractivity contribution is -0.161. The third kappa shape index (κ3) is 4.87. The van der Waals surface area contributed by atoms with E-state index in [1.165, 1.54) is 19.3 Å². The molecule has 1 aromatic carbocycles. The van der Waals surface area contributed by atoms with E-state index in [0.717, 1.165) is 42.7 Å². The van der Waals surface area contributed by atoms with Crippen LogP contribution in [0, 0.1) is 23.7 Å². The predicted octanol–water partition coefficient (Wildman–Crippen LogP) is 3.95. The second-order valence-corrected chi connectivity index (χ2v) is 10.8. The number of hydrogen-bond acceptors (Lipinski definition) is 4. The van der Waals surface area contributed by atoms with Crippen LogP contribution in [0.4, 0.5) is 10.5 Å². The molecule has 178 valence electrons. The van der Waals surface area contributed by atoms with Crippen molar-refractivity contribution in [1.82, 2.24) is 10.2 Å². The Bertz CT molecular complexity index is 859. The fraction of sp³-hybridized carbons (Fsp3) is 0.654. The van der Waals surface area contributed by atoms with E-state index in [1.54, 1.807) is 11.8 Å². The van der Waals surface area contributed by atoms with Crippen LogP contribution >= 0.6 is 0 Å². The highest BCUT2D eigenvalue weighted by molar-refractivity contribution is 5.89. The van der Waals surface area contributed by atoms with Crippen LogP contribution in [0.25, 0.3) is 0 Å². The number of esters is 1. The molecule has 1 unspecified atom stereocenters. The van der Waals surface area contributed by atoms with Crippen molar-refractivity contribution in [3.8, 4) is 0 Å². The molecule has 4 bridgehead atoms. The number of urea groups is 1. The first kappa shape index (κ1) is 22.2. The Labute approximate surface area is 195 Å². The summed E-state index contributed by atoms with van der Waals surface area (Å²) in [5.41, 5.74) is 0.673. The molecule has 4 saturated carbocycles. The second kappa shape index (κ2) is 8.99. The van der Waals surface area contributed by atoms with Gasteiger partial charge in [-0.2, -0.15) is 0 Å². The van der Waals surface area contributed by atoms with Crippen LogP contribution < -0.4 is 10.6 Å². The third-order valence-corrected chi connectivity index (χ3v) is 8.23. The molecule has 6 rings (SSSR count). The second-order valence-electron chi connectivity index (χ2n) is 10.8. The highest BCUT2D eigenvalue weighted by atomic mass is 16.5. The number of ether oxygens (including phenoxy) is 1. The van der Waals surface area contributed by atoms with Crippen LogP contribution in [0.2, 0.25) is 0 Å². The quantitative estimate of drug-likeness (QED) is 0.661. The zero-order valence-corrected chi connectivity index (χ0v) is 19.4. The van der Waals surface area contributed by atoms with Gasteiger partial charge in [0.2, 0.25) is 0 Å². The summed E-state index contributed by atoms with van der Waals surface area (Å²) < 4.78 is 5.59. The molecule has 4 aliphatic carbocycles. The number of likely N-dealkylation sites (tertiary alicyclic amines) is 1. The molecule has 7 heteroatoms. The SMILES string of the molecule is CC(OC(=O)C1CCN(C(=O)Nc2ccccc2)CC1)C(=O)NC12CC3CC(CC(C3)C1)C2. The minimum Gasteiger partial charge on any atom is -0.452 e. The van der Waals surface area contributed by atoms with Gasteiger partial charge in [0.1, 0.15) is 0 Å². The smallest absolute Gasteiger partial charge is 0.321 e. The first-order valence-electron chi connectivity index (χ1n) is 12.5. The molecular formula is C26H35N3O4. The maximum Gasteiger partial charge on any atom is 0.321 e. The molecule has 5 fully saturated rings. The number of nitrogens with one attached hydrogen (secondary N) is 2. The van der Waals surface area contributed by atoms with Crippen molar-refractivity contribution in [2.75, 3.05) is 18.4 Å². The number of nitrogens with zero attached hydrogens (tertiary/aromatic N) is 1. The summed E-state index contributed by atoms with van der Waals surface area (Å²) in [6, 6.07) is 9.18. The summed E-state index contributed by atoms with van der Waals surface area (Å²) in [4.78, 5) is 39.8. The first-order chi connectivity index (χ1) is 15.9. The summed E-state index contributed by atoms with van der Waals surface area (Å²) in [5.74, 6) is 1.48. The molecule has 1 atom stereocenters. The summed E-state index contributed by atoms with van der Waals surface area (Å²) >= 11 is 0. The Morgan fingerprint density at radius 2 is 1.55 bits per heavy atom. The van der Waals surface area contributed by atoms with E-state index in [0.29, 0.717) is 25.9 Å². The number of rotatable bonds is 5. The fourth-order valence-corrected chi connectivity index (χ4v) is 6.99. The van der Waals surface area contributed by atoms with Crippen molar-refractivity contribution in [3.05, 3.63) is 30.3 Å². The standard InChI is InChI=1S/C26H35N3O4/c1-17(23(30)28-26-14-18-11-19(15-26)13-20(12-18)16-26)33-24(31)21-7-9-29(10-8-21)25(32)27-22-5-3-2-4-6-22/h2-6,17-21H,7-16H2,1H3,(H,27,32)(H,28,30). The Balaban J connectivity index is 1.08. The van der Waals surface area contributed by atoms with Gasteiger partial charge in [0, 0.05) is 24.3 Å². The predicted molar refractivity (Wildman–Crippen MR) is 124 cm³/mol. The van der Waals surface area contributed by atoms with Crippen LogP contribution in [-0.4, -0.2) is 47.5 Å². The van der Waals surface area contributed by atoms with Crippen molar-refractivity contribution in [2.24, 2.45) is 23.7 Å². The maximum atomic E-state index is 12.9. The summed E-state index contributed by atoms with van der Waals surface area (Å²) in [6.07, 6.45) is 7.50. The minimum atomic E-state index is -0.787. The van der Waals surface area contributed by atoms with Crippen LogP contribution in [0.5, 0.6) is 0 Å². The van der Waals surface area contributed by atoms with Gasteiger partial charge >= 0.3 is 12.0 Å². The molecular weight excluding hydrogens is 418 g/mol. The largest absolute Gasteiger partial charge is 0.452 e. The lowest BCUT2D eigenvalue weighted by Crippen LogP contribution is -2.61. The lowest BCUT2D eigenvalue weighted by Gasteiger charge is -2.57. The maximum absolute atomic E-state index is 12.9. The lowest BCUT2D eigenvalue weighted by atomic mass is 9.53. The summed E-state index contributed by atoms with van der Waals surface area (Å²) in [6.45, 7) is 2.66. The van der Waals surface area contributed by atoms with E-state index in [1.807, 2.05) is 30.3 Å². The average Bonchev–Trinajstić information content (AvgIpc) is 2.78. The van der Waals surface area contributed by atoms with E-state index in [9.17, 15) is 14.4 Å². The number of anilines is 1. The zero-order chi connectivity index (χ0) is 23.0. The molecule has 5 aliphatic rings. The van der Waals surface area contributed by atoms with E-state index in [4.69, 9.17) is 4.74 Å². The summed E-state index contributed by atoms with van der Waals surface area (Å²) in [5, 5.41) is 6.18. The Hall–Kier alpha value is -2.57. The molecule has 2 N–H and O–H groups in total. The van der Waals surface area contributed by atoms with Gasteiger partial charge in [0.25, 0.3) is 5.91 Å². The van der Waals surface area contributed by atoms with Gasteiger partial charge in [0.05, 0.1) is 5.92 Å². The van der Waals surface area contributed by atoms with Crippen LogP contribution in [-0.2, 0) is 14.3 Å². The Morgan fingerprint density at radius 3 is 2.12 bits per heavy atom. The Morgan fingerprint density at radius 1 is 0.970 bits per heavy atom. The van der Waals surface area contributed by atoms with Gasteiger partial charge in [-0.05, 0) is 88.2 Å².